The zero-order valence-electron chi connectivity index (χ0n) is 10.8. The Morgan fingerprint density at radius 2 is 2.11 bits per heavy atom. The molecule has 0 saturated carbocycles. The van der Waals surface area contributed by atoms with Crippen LogP contribution in [0.1, 0.15) is 16.8 Å². The summed E-state index contributed by atoms with van der Waals surface area (Å²) in [5.74, 6) is 0.635. The SMILES string of the molecule is Cc1cccnc1CNc1ncc([N+](=O)[O-])cc1C. The van der Waals surface area contributed by atoms with Crippen LogP contribution in [0.5, 0.6) is 0 Å². The van der Waals surface area contributed by atoms with Crippen LogP contribution in [0.2, 0.25) is 0 Å². The van der Waals surface area contributed by atoms with Crippen LogP contribution in [0.25, 0.3) is 0 Å². The molecule has 19 heavy (non-hydrogen) atoms. The quantitative estimate of drug-likeness (QED) is 0.673. The number of hydrogen-bond donors (Lipinski definition) is 1. The van der Waals surface area contributed by atoms with Crippen molar-refractivity contribution in [3.05, 3.63) is 57.5 Å². The third-order valence-corrected chi connectivity index (χ3v) is 2.82. The summed E-state index contributed by atoms with van der Waals surface area (Å²) in [4.78, 5) is 18.5. The van der Waals surface area contributed by atoms with Gasteiger partial charge >= 0.3 is 0 Å². The van der Waals surface area contributed by atoms with Crippen LogP contribution in [0.3, 0.4) is 0 Å². The van der Waals surface area contributed by atoms with Crippen molar-refractivity contribution >= 4 is 11.5 Å². The lowest BCUT2D eigenvalue weighted by molar-refractivity contribution is -0.385. The molecule has 0 aliphatic carbocycles. The summed E-state index contributed by atoms with van der Waals surface area (Å²) in [5, 5.41) is 13.8. The molecule has 2 rings (SSSR count). The van der Waals surface area contributed by atoms with Gasteiger partial charge in [-0.2, -0.15) is 0 Å². The second-order valence-corrected chi connectivity index (χ2v) is 4.24. The lowest BCUT2D eigenvalue weighted by atomic mass is 10.2. The van der Waals surface area contributed by atoms with Gasteiger partial charge in [0.15, 0.2) is 0 Å². The van der Waals surface area contributed by atoms with E-state index in [-0.39, 0.29) is 5.69 Å². The summed E-state index contributed by atoms with van der Waals surface area (Å²) < 4.78 is 0. The van der Waals surface area contributed by atoms with Crippen LogP contribution in [0.15, 0.2) is 30.6 Å². The van der Waals surface area contributed by atoms with E-state index >= 15 is 0 Å². The smallest absolute Gasteiger partial charge is 0.287 e. The van der Waals surface area contributed by atoms with Crippen molar-refractivity contribution in [2.45, 2.75) is 20.4 Å². The Bertz CT molecular complexity index is 613. The molecule has 0 aromatic carbocycles. The summed E-state index contributed by atoms with van der Waals surface area (Å²) in [6, 6.07) is 5.37. The van der Waals surface area contributed by atoms with Gasteiger partial charge in [-0.15, -0.1) is 0 Å². The van der Waals surface area contributed by atoms with Crippen molar-refractivity contribution in [1.29, 1.82) is 0 Å². The molecule has 0 aliphatic heterocycles. The lowest BCUT2D eigenvalue weighted by Gasteiger charge is -2.09. The predicted octanol–water partition coefficient (Wildman–Crippen LogP) is 2.61. The Morgan fingerprint density at radius 3 is 2.74 bits per heavy atom. The number of anilines is 1. The zero-order valence-corrected chi connectivity index (χ0v) is 10.8. The van der Waals surface area contributed by atoms with Gasteiger partial charge in [0.05, 0.1) is 17.2 Å². The first-order chi connectivity index (χ1) is 9.08. The van der Waals surface area contributed by atoms with Crippen molar-refractivity contribution in [3.8, 4) is 0 Å². The van der Waals surface area contributed by atoms with E-state index in [9.17, 15) is 10.1 Å². The van der Waals surface area contributed by atoms with E-state index < -0.39 is 4.92 Å². The number of aromatic nitrogens is 2. The molecule has 0 amide bonds. The van der Waals surface area contributed by atoms with Crippen molar-refractivity contribution in [1.82, 2.24) is 9.97 Å². The highest BCUT2D eigenvalue weighted by Crippen LogP contribution is 2.18. The molecular weight excluding hydrogens is 244 g/mol. The third-order valence-electron chi connectivity index (χ3n) is 2.82. The Kier molecular flexibility index (Phi) is 3.70. The average Bonchev–Trinajstić information content (AvgIpc) is 2.39. The number of nitrogens with zero attached hydrogens (tertiary/aromatic N) is 3. The number of pyridine rings is 2. The summed E-state index contributed by atoms with van der Waals surface area (Å²) in [6.07, 6.45) is 2.99. The van der Waals surface area contributed by atoms with Gasteiger partial charge in [0.25, 0.3) is 5.69 Å². The lowest BCUT2D eigenvalue weighted by Crippen LogP contribution is -2.06. The molecule has 0 radical (unpaired) electrons. The second kappa shape index (κ2) is 5.43. The first-order valence-corrected chi connectivity index (χ1v) is 5.83. The fourth-order valence-electron chi connectivity index (χ4n) is 1.72. The third kappa shape index (κ3) is 3.04. The minimum atomic E-state index is -0.452. The number of nitro groups is 1. The number of nitrogens with one attached hydrogen (secondary N) is 1. The maximum Gasteiger partial charge on any atom is 0.287 e. The van der Waals surface area contributed by atoms with Crippen LogP contribution < -0.4 is 5.32 Å². The first-order valence-electron chi connectivity index (χ1n) is 5.83. The molecule has 6 heteroatoms. The van der Waals surface area contributed by atoms with E-state index in [1.807, 2.05) is 19.1 Å². The van der Waals surface area contributed by atoms with Crippen LogP contribution in [0, 0.1) is 24.0 Å². The molecule has 6 nitrogen and oxygen atoms in total. The first kappa shape index (κ1) is 12.9. The standard InChI is InChI=1S/C13H14N4O2/c1-9-4-3-5-14-12(9)8-16-13-10(2)6-11(7-15-13)17(18)19/h3-7H,8H2,1-2H3,(H,15,16). The monoisotopic (exact) mass is 258 g/mol. The highest BCUT2D eigenvalue weighted by Gasteiger charge is 2.09. The summed E-state index contributed by atoms with van der Waals surface area (Å²) >= 11 is 0. The molecular formula is C13H14N4O2. The Balaban J connectivity index is 2.12. The van der Waals surface area contributed by atoms with Crippen LogP contribution in [0.4, 0.5) is 11.5 Å². The number of aryl methyl sites for hydroxylation is 2. The van der Waals surface area contributed by atoms with E-state index in [4.69, 9.17) is 0 Å². The van der Waals surface area contributed by atoms with Gasteiger partial charge in [0.2, 0.25) is 0 Å². The fourth-order valence-corrected chi connectivity index (χ4v) is 1.72. The van der Waals surface area contributed by atoms with E-state index in [1.54, 1.807) is 13.1 Å². The minimum Gasteiger partial charge on any atom is -0.364 e. The Labute approximate surface area is 110 Å². The maximum atomic E-state index is 10.6. The highest BCUT2D eigenvalue weighted by atomic mass is 16.6. The van der Waals surface area contributed by atoms with Crippen molar-refractivity contribution in [3.63, 3.8) is 0 Å². The zero-order chi connectivity index (χ0) is 13.8. The van der Waals surface area contributed by atoms with E-state index in [1.165, 1.54) is 12.3 Å². The maximum absolute atomic E-state index is 10.6. The molecule has 2 heterocycles. The summed E-state index contributed by atoms with van der Waals surface area (Å²) in [5.41, 5.74) is 2.76. The van der Waals surface area contributed by atoms with Gasteiger partial charge in [-0.25, -0.2) is 4.98 Å². The van der Waals surface area contributed by atoms with Gasteiger partial charge < -0.3 is 5.32 Å². The Hall–Kier alpha value is -2.50. The minimum absolute atomic E-state index is 0.00272. The van der Waals surface area contributed by atoms with E-state index in [2.05, 4.69) is 15.3 Å². The summed E-state index contributed by atoms with van der Waals surface area (Å²) in [7, 11) is 0. The normalized spacial score (nSPS) is 10.2. The average molecular weight is 258 g/mol. The van der Waals surface area contributed by atoms with E-state index in [0.717, 1.165) is 16.8 Å². The van der Waals surface area contributed by atoms with E-state index in [0.29, 0.717) is 12.4 Å². The predicted molar refractivity (Wildman–Crippen MR) is 71.9 cm³/mol. The molecule has 0 fully saturated rings. The van der Waals surface area contributed by atoms with Gasteiger partial charge in [0.1, 0.15) is 12.0 Å². The molecule has 2 aromatic heterocycles. The van der Waals surface area contributed by atoms with Crippen LogP contribution in [-0.2, 0) is 6.54 Å². The molecule has 2 aromatic rings. The topological polar surface area (TPSA) is 81.0 Å². The van der Waals surface area contributed by atoms with Crippen molar-refractivity contribution in [2.24, 2.45) is 0 Å². The molecule has 98 valence electrons. The Morgan fingerprint density at radius 1 is 1.32 bits per heavy atom. The number of rotatable bonds is 4. The van der Waals surface area contributed by atoms with Gasteiger partial charge in [0, 0.05) is 12.3 Å². The molecule has 0 atom stereocenters. The number of hydrogen-bond acceptors (Lipinski definition) is 5. The molecule has 1 N–H and O–H groups in total. The molecule has 0 unspecified atom stereocenters. The van der Waals surface area contributed by atoms with Gasteiger partial charge in [-0.1, -0.05) is 6.07 Å². The molecule has 0 spiro atoms. The van der Waals surface area contributed by atoms with Gasteiger partial charge in [-0.3, -0.25) is 15.1 Å². The van der Waals surface area contributed by atoms with Gasteiger partial charge in [-0.05, 0) is 31.0 Å². The van der Waals surface area contributed by atoms with Crippen molar-refractivity contribution in [2.75, 3.05) is 5.32 Å². The molecule has 0 aliphatic rings. The second-order valence-electron chi connectivity index (χ2n) is 4.24. The molecule has 0 saturated heterocycles. The van der Waals surface area contributed by atoms with Crippen LogP contribution in [-0.4, -0.2) is 14.9 Å². The summed E-state index contributed by atoms with van der Waals surface area (Å²) in [6.45, 7) is 4.31. The highest BCUT2D eigenvalue weighted by molar-refractivity contribution is 5.48. The molecule has 0 bridgehead atoms. The van der Waals surface area contributed by atoms with Crippen molar-refractivity contribution < 1.29 is 4.92 Å². The van der Waals surface area contributed by atoms with Crippen LogP contribution >= 0.6 is 0 Å². The fraction of sp³-hybridized carbons (Fsp3) is 0.231. The largest absolute Gasteiger partial charge is 0.364 e.